The molecule has 1 aliphatic heterocycles. The molecule has 29 heavy (non-hydrogen) atoms. The molecule has 1 aromatic carbocycles. The Labute approximate surface area is 177 Å². The number of anilines is 1. The fourth-order valence-electron chi connectivity index (χ4n) is 3.07. The predicted octanol–water partition coefficient (Wildman–Crippen LogP) is 2.76. The Kier molecular flexibility index (Phi) is 6.91. The van der Waals surface area contributed by atoms with E-state index in [1.54, 1.807) is 11.3 Å². The average Bonchev–Trinajstić information content (AvgIpc) is 3.22. The van der Waals surface area contributed by atoms with Gasteiger partial charge in [-0.1, -0.05) is 53.4 Å². The molecule has 0 aliphatic carbocycles. The van der Waals surface area contributed by atoms with Crippen molar-refractivity contribution in [2.24, 2.45) is 0 Å². The van der Waals surface area contributed by atoms with E-state index in [1.807, 2.05) is 18.2 Å². The van der Waals surface area contributed by atoms with Crippen LogP contribution >= 0.6 is 23.1 Å². The summed E-state index contributed by atoms with van der Waals surface area (Å²) < 4.78 is 6.35. The maximum Gasteiger partial charge on any atom is 0.230 e. The Morgan fingerprint density at radius 2 is 2.03 bits per heavy atom. The summed E-state index contributed by atoms with van der Waals surface area (Å²) in [5.74, 6) is 0.357. The minimum absolute atomic E-state index is 0.0211. The number of benzene rings is 1. The second-order valence-corrected chi connectivity index (χ2v) is 8.60. The zero-order valence-electron chi connectivity index (χ0n) is 16.0. The number of fused-ring (bicyclic) bond motifs is 1. The number of nitrogens with one attached hydrogen (secondary N) is 1. The van der Waals surface area contributed by atoms with Gasteiger partial charge < -0.3 is 15.0 Å². The third-order valence-electron chi connectivity index (χ3n) is 4.58. The number of rotatable bonds is 8. The standard InChI is InChI=1S/C20H23N5O2S2/c26-16(21-8-4-7-15-5-2-1-3-6-15)13-28-19-17-18(22-14-23-19)24-20(29-17)25-9-11-27-12-10-25/h1-3,5-6,14H,4,7-13H2,(H,21,26). The molecule has 4 rings (SSSR count). The summed E-state index contributed by atoms with van der Waals surface area (Å²) in [6.45, 7) is 3.78. The van der Waals surface area contributed by atoms with Crippen LogP contribution in [0.5, 0.6) is 0 Å². The van der Waals surface area contributed by atoms with E-state index in [0.717, 1.165) is 40.8 Å². The van der Waals surface area contributed by atoms with Crippen molar-refractivity contribution in [2.75, 3.05) is 43.5 Å². The molecule has 0 unspecified atom stereocenters. The van der Waals surface area contributed by atoms with Crippen LogP contribution in [0.3, 0.4) is 0 Å². The first-order valence-electron chi connectivity index (χ1n) is 9.67. The normalized spacial score (nSPS) is 14.3. The smallest absolute Gasteiger partial charge is 0.230 e. The summed E-state index contributed by atoms with van der Waals surface area (Å²) >= 11 is 3.02. The first-order chi connectivity index (χ1) is 14.3. The van der Waals surface area contributed by atoms with Gasteiger partial charge in [0, 0.05) is 19.6 Å². The van der Waals surface area contributed by atoms with Gasteiger partial charge in [-0.15, -0.1) is 0 Å². The maximum absolute atomic E-state index is 12.2. The van der Waals surface area contributed by atoms with Crippen molar-refractivity contribution < 1.29 is 9.53 Å². The lowest BCUT2D eigenvalue weighted by atomic mass is 10.1. The van der Waals surface area contributed by atoms with Crippen molar-refractivity contribution in [3.05, 3.63) is 42.2 Å². The van der Waals surface area contributed by atoms with Crippen molar-refractivity contribution in [3.63, 3.8) is 0 Å². The number of carbonyl (C=O) groups is 1. The molecule has 1 fully saturated rings. The number of morpholine rings is 1. The highest BCUT2D eigenvalue weighted by Crippen LogP contribution is 2.33. The van der Waals surface area contributed by atoms with Crippen molar-refractivity contribution >= 4 is 44.5 Å². The molecule has 0 saturated carbocycles. The third-order valence-corrected chi connectivity index (χ3v) is 6.81. The van der Waals surface area contributed by atoms with Gasteiger partial charge in [0.1, 0.15) is 16.1 Å². The molecule has 0 bridgehead atoms. The van der Waals surface area contributed by atoms with Crippen LogP contribution in [0.2, 0.25) is 0 Å². The Morgan fingerprint density at radius 3 is 2.86 bits per heavy atom. The largest absolute Gasteiger partial charge is 0.378 e. The van der Waals surface area contributed by atoms with Gasteiger partial charge in [-0.05, 0) is 18.4 Å². The van der Waals surface area contributed by atoms with Crippen LogP contribution in [0.4, 0.5) is 5.13 Å². The SMILES string of the molecule is O=C(CSc1ncnc2nc(N3CCOCC3)sc12)NCCCc1ccccc1. The van der Waals surface area contributed by atoms with E-state index < -0.39 is 0 Å². The average molecular weight is 430 g/mol. The first kappa shape index (κ1) is 20.1. The van der Waals surface area contributed by atoms with Crippen LogP contribution in [-0.2, 0) is 16.0 Å². The van der Waals surface area contributed by atoms with Gasteiger partial charge in [-0.25, -0.2) is 9.97 Å². The van der Waals surface area contributed by atoms with E-state index in [4.69, 9.17) is 4.74 Å². The van der Waals surface area contributed by atoms with Gasteiger partial charge in [0.2, 0.25) is 5.91 Å². The first-order valence-corrected chi connectivity index (χ1v) is 11.5. The molecule has 2 aromatic heterocycles. The van der Waals surface area contributed by atoms with Gasteiger partial charge in [0.15, 0.2) is 10.8 Å². The molecule has 152 valence electrons. The molecule has 1 amide bonds. The van der Waals surface area contributed by atoms with E-state index in [1.165, 1.54) is 23.7 Å². The summed E-state index contributed by atoms with van der Waals surface area (Å²) in [4.78, 5) is 27.7. The van der Waals surface area contributed by atoms with Crippen LogP contribution in [0.25, 0.3) is 10.3 Å². The molecule has 7 nitrogen and oxygen atoms in total. The zero-order valence-corrected chi connectivity index (χ0v) is 17.7. The van der Waals surface area contributed by atoms with Crippen LogP contribution < -0.4 is 10.2 Å². The van der Waals surface area contributed by atoms with Gasteiger partial charge in [-0.3, -0.25) is 4.79 Å². The number of hydrogen-bond acceptors (Lipinski definition) is 8. The predicted molar refractivity (Wildman–Crippen MR) is 117 cm³/mol. The Morgan fingerprint density at radius 1 is 1.21 bits per heavy atom. The number of thiazole rings is 1. The fourth-order valence-corrected chi connectivity index (χ4v) is 5.04. The summed E-state index contributed by atoms with van der Waals surface area (Å²) in [6, 6.07) is 10.3. The zero-order chi connectivity index (χ0) is 19.9. The molecule has 0 radical (unpaired) electrons. The molecule has 1 N–H and O–H groups in total. The number of amides is 1. The van der Waals surface area contributed by atoms with Crippen molar-refractivity contribution in [1.82, 2.24) is 20.3 Å². The lowest BCUT2D eigenvalue weighted by molar-refractivity contribution is -0.118. The molecule has 3 heterocycles. The molecular weight excluding hydrogens is 406 g/mol. The van der Waals surface area contributed by atoms with Crippen LogP contribution in [0.15, 0.2) is 41.7 Å². The Bertz CT molecular complexity index is 944. The van der Waals surface area contributed by atoms with E-state index >= 15 is 0 Å². The number of hydrogen-bond donors (Lipinski definition) is 1. The van der Waals surface area contributed by atoms with Gasteiger partial charge in [0.25, 0.3) is 0 Å². The molecule has 0 atom stereocenters. The van der Waals surface area contributed by atoms with Crippen molar-refractivity contribution in [2.45, 2.75) is 17.9 Å². The summed E-state index contributed by atoms with van der Waals surface area (Å²) in [7, 11) is 0. The van der Waals surface area contributed by atoms with Crippen LogP contribution in [-0.4, -0.2) is 59.5 Å². The minimum Gasteiger partial charge on any atom is -0.378 e. The lowest BCUT2D eigenvalue weighted by Gasteiger charge is -2.25. The third kappa shape index (κ3) is 5.43. The quantitative estimate of drug-likeness (QED) is 0.335. The van der Waals surface area contributed by atoms with Gasteiger partial charge in [0.05, 0.1) is 19.0 Å². The molecular formula is C20H23N5O2S2. The molecule has 1 saturated heterocycles. The van der Waals surface area contributed by atoms with E-state index in [9.17, 15) is 4.79 Å². The number of aryl methyl sites for hydroxylation is 1. The molecule has 0 spiro atoms. The monoisotopic (exact) mass is 429 g/mol. The van der Waals surface area contributed by atoms with Gasteiger partial charge in [-0.2, -0.15) is 4.98 Å². The van der Waals surface area contributed by atoms with Gasteiger partial charge >= 0.3 is 0 Å². The molecule has 1 aliphatic rings. The van der Waals surface area contributed by atoms with E-state index in [2.05, 4.69) is 37.3 Å². The van der Waals surface area contributed by atoms with E-state index in [0.29, 0.717) is 31.2 Å². The topological polar surface area (TPSA) is 80.2 Å². The van der Waals surface area contributed by atoms with Crippen LogP contribution in [0, 0.1) is 0 Å². The number of ether oxygens (including phenoxy) is 1. The Hall–Kier alpha value is -2.23. The second-order valence-electron chi connectivity index (χ2n) is 6.66. The summed E-state index contributed by atoms with van der Waals surface area (Å²) in [5, 5.41) is 4.74. The number of aromatic nitrogens is 3. The summed E-state index contributed by atoms with van der Waals surface area (Å²) in [5.41, 5.74) is 1.98. The highest BCUT2D eigenvalue weighted by molar-refractivity contribution is 8.00. The highest BCUT2D eigenvalue weighted by atomic mass is 32.2. The highest BCUT2D eigenvalue weighted by Gasteiger charge is 2.18. The Balaban J connectivity index is 1.28. The number of thioether (sulfide) groups is 1. The van der Waals surface area contributed by atoms with E-state index in [-0.39, 0.29) is 5.91 Å². The maximum atomic E-state index is 12.2. The minimum atomic E-state index is 0.0211. The molecule has 9 heteroatoms. The number of carbonyl (C=O) groups excluding carboxylic acids is 1. The fraction of sp³-hybridized carbons (Fsp3) is 0.400. The second kappa shape index (κ2) is 10.00. The number of nitrogens with zero attached hydrogens (tertiary/aromatic N) is 4. The lowest BCUT2D eigenvalue weighted by Crippen LogP contribution is -2.36. The van der Waals surface area contributed by atoms with Crippen molar-refractivity contribution in [3.8, 4) is 0 Å². The van der Waals surface area contributed by atoms with Crippen molar-refractivity contribution in [1.29, 1.82) is 0 Å². The summed E-state index contributed by atoms with van der Waals surface area (Å²) in [6.07, 6.45) is 3.41. The molecule has 3 aromatic rings. The van der Waals surface area contributed by atoms with Crippen LogP contribution in [0.1, 0.15) is 12.0 Å².